The molecule has 0 saturated carbocycles. The average Bonchev–Trinajstić information content (AvgIpc) is 3.71. The third kappa shape index (κ3) is 3.64. The van der Waals surface area contributed by atoms with E-state index >= 15 is 0 Å². The van der Waals surface area contributed by atoms with E-state index in [0.717, 1.165) is 5.56 Å². The van der Waals surface area contributed by atoms with Crippen molar-refractivity contribution in [2.45, 2.75) is 12.6 Å². The maximum atomic E-state index is 13.9. The zero-order valence-electron chi connectivity index (χ0n) is 20.2. The third-order valence-corrected chi connectivity index (χ3v) is 7.09. The van der Waals surface area contributed by atoms with Crippen molar-refractivity contribution in [2.24, 2.45) is 0 Å². The van der Waals surface area contributed by atoms with Crippen LogP contribution in [-0.4, -0.2) is 27.5 Å². The van der Waals surface area contributed by atoms with Gasteiger partial charge in [-0.25, -0.2) is 0 Å². The molecular formula is C29H19N3O7. The lowest BCUT2D eigenvalue weighted by atomic mass is 10.0. The Morgan fingerprint density at radius 3 is 2.69 bits per heavy atom. The summed E-state index contributed by atoms with van der Waals surface area (Å²) in [4.78, 5) is 43.1. The van der Waals surface area contributed by atoms with Crippen LogP contribution in [0.4, 0.5) is 5.69 Å². The molecule has 2 aromatic heterocycles. The van der Waals surface area contributed by atoms with Crippen LogP contribution in [-0.2, 0) is 6.54 Å². The van der Waals surface area contributed by atoms with Gasteiger partial charge in [0.15, 0.2) is 22.7 Å². The molecule has 3 aromatic carbocycles. The number of nitro benzene ring substituents is 1. The fraction of sp³-hybridized carbons (Fsp3) is 0.103. The number of ether oxygens (including phenoxy) is 2. The summed E-state index contributed by atoms with van der Waals surface area (Å²) in [7, 11) is 0. The van der Waals surface area contributed by atoms with Crippen molar-refractivity contribution in [1.82, 2.24) is 9.88 Å². The van der Waals surface area contributed by atoms with E-state index < -0.39 is 16.9 Å². The summed E-state index contributed by atoms with van der Waals surface area (Å²) in [5.74, 6) is 1.10. The quantitative estimate of drug-likeness (QED) is 0.255. The Morgan fingerprint density at radius 1 is 0.974 bits per heavy atom. The number of pyridine rings is 1. The normalized spacial score (nSPS) is 15.5. The second-order valence-corrected chi connectivity index (χ2v) is 9.31. The predicted octanol–water partition coefficient (Wildman–Crippen LogP) is 5.17. The fourth-order valence-corrected chi connectivity index (χ4v) is 5.24. The number of fused-ring (bicyclic) bond motifs is 3. The molecule has 0 bridgehead atoms. The number of H-pyrrole nitrogens is 1. The van der Waals surface area contributed by atoms with Crippen LogP contribution in [0.1, 0.15) is 33.4 Å². The molecule has 0 radical (unpaired) electrons. The van der Waals surface area contributed by atoms with Crippen LogP contribution < -0.4 is 14.9 Å². The Morgan fingerprint density at radius 2 is 1.82 bits per heavy atom. The topological polar surface area (TPSA) is 128 Å². The molecule has 10 heteroatoms. The average molecular weight is 521 g/mol. The van der Waals surface area contributed by atoms with E-state index in [1.807, 2.05) is 24.3 Å². The lowest BCUT2D eigenvalue weighted by molar-refractivity contribution is -0.384. The number of hydrogen-bond acceptors (Lipinski definition) is 7. The van der Waals surface area contributed by atoms with Gasteiger partial charge in [-0.2, -0.15) is 0 Å². The SMILES string of the molecule is O=C(c1ccc(-c2cccc([N+](=O)[O-])c2)o1)N1Cc2c([nH]c3ccccc3c2=O)C1c1ccc2c(c1)OCO2. The summed E-state index contributed by atoms with van der Waals surface area (Å²) in [5, 5.41) is 11.7. The summed E-state index contributed by atoms with van der Waals surface area (Å²) in [6.45, 7) is 0.178. The molecule has 1 atom stereocenters. The Kier molecular flexibility index (Phi) is 5.02. The van der Waals surface area contributed by atoms with Gasteiger partial charge in [0.2, 0.25) is 6.79 Å². The molecule has 0 spiro atoms. The van der Waals surface area contributed by atoms with E-state index in [1.54, 1.807) is 41.3 Å². The molecule has 1 N–H and O–H groups in total. The second-order valence-electron chi connectivity index (χ2n) is 9.31. The van der Waals surface area contributed by atoms with Gasteiger partial charge in [-0.05, 0) is 42.0 Å². The van der Waals surface area contributed by atoms with Crippen molar-refractivity contribution < 1.29 is 23.6 Å². The van der Waals surface area contributed by atoms with Crippen LogP contribution in [0.15, 0.2) is 88.1 Å². The lowest BCUT2D eigenvalue weighted by Crippen LogP contribution is -2.30. The number of non-ortho nitro benzene ring substituents is 1. The monoisotopic (exact) mass is 521 g/mol. The molecule has 1 amide bonds. The summed E-state index contributed by atoms with van der Waals surface area (Å²) in [5.41, 5.74) is 2.78. The lowest BCUT2D eigenvalue weighted by Gasteiger charge is -2.25. The van der Waals surface area contributed by atoms with Gasteiger partial charge in [0.05, 0.1) is 23.2 Å². The van der Waals surface area contributed by atoms with E-state index in [0.29, 0.717) is 45.0 Å². The number of para-hydroxylation sites is 1. The number of benzene rings is 3. The molecule has 10 nitrogen and oxygen atoms in total. The number of furan rings is 1. The van der Waals surface area contributed by atoms with E-state index in [4.69, 9.17) is 13.9 Å². The highest BCUT2D eigenvalue weighted by Crippen LogP contribution is 2.42. The Balaban J connectivity index is 1.32. The van der Waals surface area contributed by atoms with Crippen LogP contribution >= 0.6 is 0 Å². The first-order valence-corrected chi connectivity index (χ1v) is 12.2. The molecule has 0 fully saturated rings. The zero-order chi connectivity index (χ0) is 26.7. The molecule has 0 saturated heterocycles. The summed E-state index contributed by atoms with van der Waals surface area (Å²) in [6, 6.07) is 21.2. The van der Waals surface area contributed by atoms with E-state index in [2.05, 4.69) is 4.98 Å². The second kappa shape index (κ2) is 8.59. The number of hydrogen-bond donors (Lipinski definition) is 1. The number of nitrogens with zero attached hydrogens (tertiary/aromatic N) is 2. The summed E-state index contributed by atoms with van der Waals surface area (Å²) in [6.07, 6.45) is 0. The maximum absolute atomic E-state index is 13.9. The molecule has 5 aromatic rings. The van der Waals surface area contributed by atoms with Gasteiger partial charge < -0.3 is 23.8 Å². The Labute approximate surface area is 220 Å². The van der Waals surface area contributed by atoms with Crippen molar-refractivity contribution in [3.63, 3.8) is 0 Å². The van der Waals surface area contributed by atoms with Gasteiger partial charge in [-0.1, -0.05) is 30.3 Å². The summed E-state index contributed by atoms with van der Waals surface area (Å²) >= 11 is 0. The highest BCUT2D eigenvalue weighted by Gasteiger charge is 2.39. The number of carbonyl (C=O) groups is 1. The third-order valence-electron chi connectivity index (χ3n) is 7.09. The molecule has 39 heavy (non-hydrogen) atoms. The van der Waals surface area contributed by atoms with Crippen LogP contribution in [0.3, 0.4) is 0 Å². The minimum atomic E-state index is -0.620. The number of nitro groups is 1. The molecule has 1 unspecified atom stereocenters. The van der Waals surface area contributed by atoms with Crippen molar-refractivity contribution in [3.8, 4) is 22.8 Å². The Bertz CT molecular complexity index is 1870. The smallest absolute Gasteiger partial charge is 0.290 e. The van der Waals surface area contributed by atoms with Gasteiger partial charge in [0.25, 0.3) is 11.6 Å². The molecule has 192 valence electrons. The largest absolute Gasteiger partial charge is 0.454 e. The Hall–Kier alpha value is -5.38. The minimum Gasteiger partial charge on any atom is -0.454 e. The predicted molar refractivity (Wildman–Crippen MR) is 140 cm³/mol. The van der Waals surface area contributed by atoms with E-state index in [1.165, 1.54) is 18.2 Å². The van der Waals surface area contributed by atoms with E-state index in [-0.39, 0.29) is 30.2 Å². The first-order valence-electron chi connectivity index (χ1n) is 12.2. The maximum Gasteiger partial charge on any atom is 0.290 e. The van der Waals surface area contributed by atoms with Crippen LogP contribution in [0.25, 0.3) is 22.2 Å². The van der Waals surface area contributed by atoms with Crippen molar-refractivity contribution in [3.05, 3.63) is 122 Å². The molecule has 4 heterocycles. The molecule has 0 aliphatic carbocycles. The van der Waals surface area contributed by atoms with Gasteiger partial charge in [0, 0.05) is 34.2 Å². The number of aromatic nitrogens is 1. The van der Waals surface area contributed by atoms with Crippen LogP contribution in [0.5, 0.6) is 11.5 Å². The van der Waals surface area contributed by atoms with Crippen LogP contribution in [0.2, 0.25) is 0 Å². The van der Waals surface area contributed by atoms with Gasteiger partial charge in [0.1, 0.15) is 5.76 Å². The van der Waals surface area contributed by atoms with Crippen molar-refractivity contribution in [2.75, 3.05) is 6.79 Å². The van der Waals surface area contributed by atoms with Crippen molar-refractivity contribution >= 4 is 22.5 Å². The van der Waals surface area contributed by atoms with E-state index in [9.17, 15) is 19.7 Å². The fourth-order valence-electron chi connectivity index (χ4n) is 5.24. The van der Waals surface area contributed by atoms with Crippen molar-refractivity contribution in [1.29, 1.82) is 0 Å². The van der Waals surface area contributed by atoms with Gasteiger partial charge >= 0.3 is 0 Å². The zero-order valence-corrected chi connectivity index (χ0v) is 20.2. The number of aromatic amines is 1. The number of rotatable bonds is 4. The van der Waals surface area contributed by atoms with Crippen LogP contribution in [0, 0.1) is 10.1 Å². The first kappa shape index (κ1) is 22.8. The summed E-state index contributed by atoms with van der Waals surface area (Å²) < 4.78 is 16.9. The first-order chi connectivity index (χ1) is 19.0. The standard InChI is InChI=1S/C29H19N3O7/c33-28-19-6-1-2-7-21(19)30-26-20(28)14-31(27(26)17-8-9-23-25(13-17)38-15-37-23)29(34)24-11-10-22(39-24)16-4-3-5-18(12-16)32(35)36/h1-13,27H,14-15H2,(H,30,33). The van der Waals surface area contributed by atoms with Gasteiger partial charge in [-0.15, -0.1) is 0 Å². The molecular weight excluding hydrogens is 502 g/mol. The van der Waals surface area contributed by atoms with Gasteiger partial charge in [-0.3, -0.25) is 19.7 Å². The minimum absolute atomic E-state index is 0.0482. The highest BCUT2D eigenvalue weighted by atomic mass is 16.7. The molecule has 7 rings (SSSR count). The highest BCUT2D eigenvalue weighted by molar-refractivity contribution is 5.93. The number of carbonyl (C=O) groups excluding carboxylic acids is 1. The number of nitrogens with one attached hydrogen (secondary N) is 1. The molecule has 2 aliphatic heterocycles. The number of amides is 1. The molecule has 2 aliphatic rings.